The minimum absolute atomic E-state index is 0.227. The Balaban J connectivity index is 2.02. The van der Waals surface area contributed by atoms with Gasteiger partial charge in [0, 0.05) is 12.1 Å². The molecule has 0 aliphatic carbocycles. The van der Waals surface area contributed by atoms with Crippen LogP contribution in [0.25, 0.3) is 0 Å². The third-order valence-corrected chi connectivity index (χ3v) is 3.92. The van der Waals surface area contributed by atoms with Crippen LogP contribution >= 0.6 is 0 Å². The maximum Gasteiger partial charge on any atom is 0.252 e. The SMILES string of the molecule is C[N+]1=Nc2cccc(N)c2C(=O)C1C1CCC(=O)NC1=O. The molecule has 2 unspecified atom stereocenters. The number of rotatable bonds is 1. The number of likely N-dealkylation sites (N-methyl/N-ethyl adjacent to an activating group) is 1. The van der Waals surface area contributed by atoms with Crippen LogP contribution in [0, 0.1) is 5.92 Å². The van der Waals surface area contributed by atoms with Gasteiger partial charge in [0.05, 0.1) is 5.56 Å². The number of nitrogen functional groups attached to an aromatic ring is 1. The van der Waals surface area contributed by atoms with Crippen LogP contribution in [-0.2, 0) is 9.59 Å². The Labute approximate surface area is 120 Å². The lowest BCUT2D eigenvalue weighted by Crippen LogP contribution is -2.51. The molecule has 2 heterocycles. The normalized spacial score (nSPS) is 25.2. The number of amides is 2. The van der Waals surface area contributed by atoms with Crippen LogP contribution in [-0.4, -0.2) is 35.4 Å². The molecule has 21 heavy (non-hydrogen) atoms. The highest BCUT2D eigenvalue weighted by atomic mass is 16.2. The van der Waals surface area contributed by atoms with Crippen LogP contribution in [0.15, 0.2) is 23.3 Å². The number of ketones is 1. The summed E-state index contributed by atoms with van der Waals surface area (Å²) in [6, 6.07) is 4.35. The maximum atomic E-state index is 12.7. The van der Waals surface area contributed by atoms with Crippen molar-refractivity contribution in [2.24, 2.45) is 11.0 Å². The standard InChI is InChI=1S/C14H14N4O3/c1-18-12(7-5-6-10(19)16-14(7)21)13(20)11-8(15)3-2-4-9(11)17-18/h2-4,7,12H,5-6H2,1H3,(H2-,15,16,19,20,21)/p+1. The minimum atomic E-state index is -0.727. The fourth-order valence-electron chi connectivity index (χ4n) is 2.91. The summed E-state index contributed by atoms with van der Waals surface area (Å²) in [6.45, 7) is 0. The van der Waals surface area contributed by atoms with Crippen molar-refractivity contribution in [3.8, 4) is 0 Å². The summed E-state index contributed by atoms with van der Waals surface area (Å²) >= 11 is 0. The zero-order valence-corrected chi connectivity index (χ0v) is 11.5. The number of azo groups is 2. The second kappa shape index (κ2) is 4.76. The van der Waals surface area contributed by atoms with Crippen LogP contribution < -0.4 is 11.1 Å². The fourth-order valence-corrected chi connectivity index (χ4v) is 2.91. The summed E-state index contributed by atoms with van der Waals surface area (Å²) in [7, 11) is 1.65. The largest absolute Gasteiger partial charge is 0.398 e. The zero-order chi connectivity index (χ0) is 15.1. The summed E-state index contributed by atoms with van der Waals surface area (Å²) < 4.78 is 1.49. The molecular weight excluding hydrogens is 272 g/mol. The zero-order valence-electron chi connectivity index (χ0n) is 11.5. The van der Waals surface area contributed by atoms with Gasteiger partial charge in [-0.1, -0.05) is 6.07 Å². The van der Waals surface area contributed by atoms with E-state index in [0.717, 1.165) is 0 Å². The second-order valence-corrected chi connectivity index (χ2v) is 5.28. The van der Waals surface area contributed by atoms with Gasteiger partial charge in [-0.15, -0.1) is 4.70 Å². The van der Waals surface area contributed by atoms with Gasteiger partial charge in [-0.25, -0.2) is 0 Å². The van der Waals surface area contributed by atoms with Crippen molar-refractivity contribution in [1.82, 2.24) is 5.32 Å². The van der Waals surface area contributed by atoms with Crippen molar-refractivity contribution >= 4 is 29.0 Å². The number of benzene rings is 1. The number of nitrogens with zero attached hydrogens (tertiary/aromatic N) is 2. The Kier molecular flexibility index (Phi) is 3.04. The van der Waals surface area contributed by atoms with Crippen molar-refractivity contribution in [2.75, 3.05) is 12.8 Å². The third kappa shape index (κ3) is 2.10. The third-order valence-electron chi connectivity index (χ3n) is 3.92. The number of carbonyl (C=O) groups excluding carboxylic acids is 3. The van der Waals surface area contributed by atoms with E-state index >= 15 is 0 Å². The number of fused-ring (bicyclic) bond motifs is 1. The van der Waals surface area contributed by atoms with E-state index in [0.29, 0.717) is 23.4 Å². The Morgan fingerprint density at radius 1 is 1.33 bits per heavy atom. The molecule has 0 spiro atoms. The highest BCUT2D eigenvalue weighted by Gasteiger charge is 2.47. The number of hydrogen-bond acceptors (Lipinski definition) is 5. The van der Waals surface area contributed by atoms with E-state index in [2.05, 4.69) is 10.4 Å². The van der Waals surface area contributed by atoms with Gasteiger partial charge in [0.25, 0.3) is 6.04 Å². The number of imide groups is 1. The molecule has 0 bridgehead atoms. The lowest BCUT2D eigenvalue weighted by molar-refractivity contribution is -0.590. The smallest absolute Gasteiger partial charge is 0.252 e. The summed E-state index contributed by atoms with van der Waals surface area (Å²) in [6.07, 6.45) is 0.564. The molecule has 2 aliphatic heterocycles. The van der Waals surface area contributed by atoms with Gasteiger partial charge in [-0.05, 0) is 23.7 Å². The van der Waals surface area contributed by atoms with Gasteiger partial charge in [0.2, 0.25) is 17.6 Å². The Bertz CT molecular complexity index is 695. The van der Waals surface area contributed by atoms with Crippen molar-refractivity contribution in [1.29, 1.82) is 0 Å². The Hall–Kier alpha value is -2.57. The predicted molar refractivity (Wildman–Crippen MR) is 73.1 cm³/mol. The maximum absolute atomic E-state index is 12.7. The van der Waals surface area contributed by atoms with Gasteiger partial charge in [0.15, 0.2) is 7.05 Å². The number of carbonyl (C=O) groups is 3. The summed E-state index contributed by atoms with van der Waals surface area (Å²) in [5.41, 5.74) is 7.08. The summed E-state index contributed by atoms with van der Waals surface area (Å²) in [5.74, 6) is -1.56. The lowest BCUT2D eigenvalue weighted by atomic mass is 9.84. The molecule has 3 N–H and O–H groups in total. The first-order valence-electron chi connectivity index (χ1n) is 6.70. The first kappa shape index (κ1) is 13.4. The molecule has 3 rings (SSSR count). The van der Waals surface area contributed by atoms with Crippen LogP contribution in [0.3, 0.4) is 0 Å². The Morgan fingerprint density at radius 2 is 2.10 bits per heavy atom. The van der Waals surface area contributed by atoms with Crippen molar-refractivity contribution in [3.63, 3.8) is 0 Å². The van der Waals surface area contributed by atoms with Crippen LogP contribution in [0.5, 0.6) is 0 Å². The van der Waals surface area contributed by atoms with Gasteiger partial charge < -0.3 is 5.73 Å². The number of Topliss-reactive ketones (excluding diaryl/α,β-unsaturated/α-hetero) is 1. The monoisotopic (exact) mass is 287 g/mol. The number of hydrogen-bond donors (Lipinski definition) is 2. The molecular formula is C14H15N4O3+. The molecule has 1 saturated heterocycles. The van der Waals surface area contributed by atoms with Crippen molar-refractivity contribution in [3.05, 3.63) is 23.8 Å². The fraction of sp³-hybridized carbons (Fsp3) is 0.357. The van der Waals surface area contributed by atoms with Crippen molar-refractivity contribution in [2.45, 2.75) is 18.9 Å². The topological polar surface area (TPSA) is 105 Å². The number of piperidine rings is 1. The molecule has 2 atom stereocenters. The summed E-state index contributed by atoms with van der Waals surface area (Å²) in [5, 5.41) is 6.61. The van der Waals surface area contributed by atoms with Gasteiger partial charge in [-0.3, -0.25) is 19.7 Å². The molecule has 2 aliphatic rings. The molecule has 1 aromatic carbocycles. The second-order valence-electron chi connectivity index (χ2n) is 5.28. The highest BCUT2D eigenvalue weighted by molar-refractivity contribution is 6.11. The van der Waals surface area contributed by atoms with E-state index in [4.69, 9.17) is 5.73 Å². The molecule has 7 heteroatoms. The van der Waals surface area contributed by atoms with E-state index in [9.17, 15) is 14.4 Å². The van der Waals surface area contributed by atoms with E-state index in [1.807, 2.05) is 0 Å². The average Bonchev–Trinajstić information content (AvgIpc) is 2.40. The molecule has 1 fully saturated rings. The van der Waals surface area contributed by atoms with Crippen LogP contribution in [0.1, 0.15) is 23.2 Å². The average molecular weight is 287 g/mol. The van der Waals surface area contributed by atoms with E-state index in [1.165, 1.54) is 4.70 Å². The minimum Gasteiger partial charge on any atom is -0.398 e. The number of anilines is 1. The Morgan fingerprint density at radius 3 is 2.81 bits per heavy atom. The van der Waals surface area contributed by atoms with Crippen LogP contribution in [0.4, 0.5) is 11.4 Å². The van der Waals surface area contributed by atoms with Crippen molar-refractivity contribution < 1.29 is 19.1 Å². The molecule has 0 radical (unpaired) electrons. The number of nitrogens with two attached hydrogens (primary N) is 1. The van der Waals surface area contributed by atoms with Gasteiger partial charge in [0.1, 0.15) is 11.6 Å². The predicted octanol–water partition coefficient (Wildman–Crippen LogP) is 0.612. The lowest BCUT2D eigenvalue weighted by Gasteiger charge is -2.26. The quantitative estimate of drug-likeness (QED) is 0.448. The van der Waals surface area contributed by atoms with Gasteiger partial charge in [-0.2, -0.15) is 0 Å². The highest BCUT2D eigenvalue weighted by Crippen LogP contribution is 2.34. The molecule has 2 amide bonds. The van der Waals surface area contributed by atoms with E-state index in [-0.39, 0.29) is 18.1 Å². The molecule has 0 saturated carbocycles. The molecule has 1 aromatic rings. The van der Waals surface area contributed by atoms with Crippen LogP contribution in [0.2, 0.25) is 0 Å². The van der Waals surface area contributed by atoms with E-state index < -0.39 is 17.9 Å². The molecule has 108 valence electrons. The first-order chi connectivity index (χ1) is 9.99. The van der Waals surface area contributed by atoms with E-state index in [1.54, 1.807) is 25.2 Å². The molecule has 7 nitrogen and oxygen atoms in total. The number of nitrogens with one attached hydrogen (secondary N) is 1. The summed E-state index contributed by atoms with van der Waals surface area (Å²) in [4.78, 5) is 36.0. The first-order valence-corrected chi connectivity index (χ1v) is 6.70. The molecule has 0 aromatic heterocycles. The van der Waals surface area contributed by atoms with Gasteiger partial charge >= 0.3 is 0 Å².